The molecule has 0 amide bonds. The molecule has 0 fully saturated rings. The van der Waals surface area contributed by atoms with Gasteiger partial charge in [0, 0.05) is 12.4 Å². The predicted octanol–water partition coefficient (Wildman–Crippen LogP) is 2.65. The van der Waals surface area contributed by atoms with E-state index in [-0.39, 0.29) is 0 Å². The van der Waals surface area contributed by atoms with E-state index in [0.29, 0.717) is 12.4 Å². The largest absolute Gasteiger partial charge is 0.384 e. The Morgan fingerprint density at radius 3 is 2.56 bits per heavy atom. The first-order chi connectivity index (χ1) is 8.84. The van der Waals surface area contributed by atoms with E-state index < -0.39 is 0 Å². The molecule has 1 aromatic carbocycles. The third-order valence-electron chi connectivity index (χ3n) is 2.44. The van der Waals surface area contributed by atoms with Gasteiger partial charge in [-0.2, -0.15) is 0 Å². The summed E-state index contributed by atoms with van der Waals surface area (Å²) in [6.07, 6.45) is 7.27. The third kappa shape index (κ3) is 3.87. The number of aliphatic imine (C=N–C) groups is 1. The van der Waals surface area contributed by atoms with E-state index in [1.807, 2.05) is 54.6 Å². The van der Waals surface area contributed by atoms with Crippen LogP contribution in [0.5, 0.6) is 0 Å². The predicted molar refractivity (Wildman–Crippen MR) is 75.0 cm³/mol. The molecule has 0 unspecified atom stereocenters. The Hall–Kier alpha value is -2.42. The molecule has 0 radical (unpaired) electrons. The van der Waals surface area contributed by atoms with Crippen molar-refractivity contribution in [2.45, 2.75) is 6.54 Å². The van der Waals surface area contributed by atoms with Crippen LogP contribution in [0.3, 0.4) is 0 Å². The van der Waals surface area contributed by atoms with Crippen LogP contribution in [0.4, 0.5) is 0 Å². The highest BCUT2D eigenvalue weighted by Gasteiger charge is 1.90. The molecule has 0 aliphatic carbocycles. The Bertz CT molecular complexity index is 530. The topological polar surface area (TPSA) is 51.3 Å². The first-order valence-electron chi connectivity index (χ1n) is 5.76. The summed E-state index contributed by atoms with van der Waals surface area (Å²) in [7, 11) is 0. The van der Waals surface area contributed by atoms with Gasteiger partial charge in [0.2, 0.25) is 0 Å². The number of pyridine rings is 1. The molecule has 0 saturated carbocycles. The van der Waals surface area contributed by atoms with E-state index in [1.165, 1.54) is 0 Å². The molecule has 2 rings (SSSR count). The van der Waals surface area contributed by atoms with Gasteiger partial charge >= 0.3 is 0 Å². The summed E-state index contributed by atoms with van der Waals surface area (Å²) in [5, 5.41) is 0. The summed E-state index contributed by atoms with van der Waals surface area (Å²) in [5.74, 6) is 0.524. The molecule has 0 aliphatic rings. The monoisotopic (exact) mass is 237 g/mol. The van der Waals surface area contributed by atoms with Crippen molar-refractivity contribution in [3.8, 4) is 0 Å². The lowest BCUT2D eigenvalue weighted by atomic mass is 10.2. The van der Waals surface area contributed by atoms with Crippen LogP contribution in [0, 0.1) is 0 Å². The maximum absolute atomic E-state index is 5.82. The van der Waals surface area contributed by atoms with E-state index in [0.717, 1.165) is 11.1 Å². The zero-order valence-corrected chi connectivity index (χ0v) is 10.0. The van der Waals surface area contributed by atoms with Crippen molar-refractivity contribution in [1.29, 1.82) is 0 Å². The Labute approximate surface area is 107 Å². The smallest absolute Gasteiger partial charge is 0.118 e. The molecule has 2 aromatic rings. The second kappa shape index (κ2) is 6.35. The van der Waals surface area contributed by atoms with Crippen molar-refractivity contribution >= 4 is 11.9 Å². The fourth-order valence-electron chi connectivity index (χ4n) is 1.47. The molecule has 0 spiro atoms. The molecular formula is C15H15N3. The van der Waals surface area contributed by atoms with Crippen molar-refractivity contribution in [1.82, 2.24) is 4.98 Å². The summed E-state index contributed by atoms with van der Waals surface area (Å²) in [6, 6.07) is 13.9. The van der Waals surface area contributed by atoms with Gasteiger partial charge in [-0.3, -0.25) is 9.98 Å². The van der Waals surface area contributed by atoms with Gasteiger partial charge in [-0.15, -0.1) is 0 Å². The van der Waals surface area contributed by atoms with Gasteiger partial charge in [0.25, 0.3) is 0 Å². The maximum atomic E-state index is 5.82. The molecule has 90 valence electrons. The highest BCUT2D eigenvalue weighted by molar-refractivity contribution is 5.95. The maximum Gasteiger partial charge on any atom is 0.118 e. The molecule has 1 aromatic heterocycles. The molecule has 1 heterocycles. The second-order valence-electron chi connectivity index (χ2n) is 3.84. The summed E-state index contributed by atoms with van der Waals surface area (Å²) >= 11 is 0. The lowest BCUT2D eigenvalue weighted by Gasteiger charge is -1.96. The number of benzene rings is 1. The van der Waals surface area contributed by atoms with E-state index >= 15 is 0 Å². The molecule has 3 heteroatoms. The van der Waals surface area contributed by atoms with Gasteiger partial charge in [-0.05, 0) is 29.3 Å². The summed E-state index contributed by atoms with van der Waals surface area (Å²) < 4.78 is 0. The van der Waals surface area contributed by atoms with E-state index in [4.69, 9.17) is 5.73 Å². The fourth-order valence-corrected chi connectivity index (χ4v) is 1.47. The third-order valence-corrected chi connectivity index (χ3v) is 2.44. The highest BCUT2D eigenvalue weighted by Crippen LogP contribution is 2.01. The van der Waals surface area contributed by atoms with E-state index in [2.05, 4.69) is 9.98 Å². The first kappa shape index (κ1) is 12.0. The number of rotatable bonds is 4. The van der Waals surface area contributed by atoms with Crippen molar-refractivity contribution in [3.05, 3.63) is 72.1 Å². The fraction of sp³-hybridized carbons (Fsp3) is 0.0667. The zero-order valence-electron chi connectivity index (χ0n) is 10.0. The Balaban J connectivity index is 1.96. The molecule has 2 N–H and O–H groups in total. The molecule has 0 aliphatic heterocycles. The molecule has 0 bridgehead atoms. The number of nitrogens with two attached hydrogens (primary N) is 1. The normalized spacial score (nSPS) is 11.9. The van der Waals surface area contributed by atoms with Crippen LogP contribution in [-0.4, -0.2) is 10.8 Å². The van der Waals surface area contributed by atoms with Gasteiger partial charge < -0.3 is 5.73 Å². The minimum Gasteiger partial charge on any atom is -0.384 e. The van der Waals surface area contributed by atoms with Crippen molar-refractivity contribution in [2.75, 3.05) is 0 Å². The average Bonchev–Trinajstić information content (AvgIpc) is 2.45. The Kier molecular flexibility index (Phi) is 4.25. The van der Waals surface area contributed by atoms with Crippen LogP contribution in [-0.2, 0) is 6.54 Å². The lowest BCUT2D eigenvalue weighted by molar-refractivity contribution is 1.05. The van der Waals surface area contributed by atoms with E-state index in [9.17, 15) is 0 Å². The number of nitrogens with zero attached hydrogens (tertiary/aromatic N) is 2. The number of aromatic nitrogens is 1. The molecule has 0 saturated heterocycles. The second-order valence-corrected chi connectivity index (χ2v) is 3.84. The standard InChI is InChI=1S/C15H15N3/c16-15(7-6-13-4-2-1-3-5-13)18-12-14-8-10-17-11-9-14/h1-11H,12H2,(H2,16,18)/b7-6+. The summed E-state index contributed by atoms with van der Waals surface area (Å²) in [6.45, 7) is 0.577. The van der Waals surface area contributed by atoms with Crippen LogP contribution in [0.15, 0.2) is 65.9 Å². The summed E-state index contributed by atoms with van der Waals surface area (Å²) in [5.41, 5.74) is 8.03. The van der Waals surface area contributed by atoms with Crippen LogP contribution in [0.25, 0.3) is 6.08 Å². The van der Waals surface area contributed by atoms with Crippen LogP contribution in [0.1, 0.15) is 11.1 Å². The van der Waals surface area contributed by atoms with Crippen LogP contribution >= 0.6 is 0 Å². The van der Waals surface area contributed by atoms with Crippen molar-refractivity contribution < 1.29 is 0 Å². The minimum atomic E-state index is 0.524. The van der Waals surface area contributed by atoms with Gasteiger partial charge in [0.1, 0.15) is 5.84 Å². The number of hydrogen-bond acceptors (Lipinski definition) is 2. The quantitative estimate of drug-likeness (QED) is 0.656. The van der Waals surface area contributed by atoms with Gasteiger partial charge in [0.05, 0.1) is 6.54 Å². The Morgan fingerprint density at radius 2 is 1.83 bits per heavy atom. The van der Waals surface area contributed by atoms with Crippen LogP contribution < -0.4 is 5.73 Å². The van der Waals surface area contributed by atoms with Gasteiger partial charge in [-0.25, -0.2) is 0 Å². The number of hydrogen-bond donors (Lipinski definition) is 1. The molecule has 0 atom stereocenters. The van der Waals surface area contributed by atoms with Crippen molar-refractivity contribution in [2.24, 2.45) is 10.7 Å². The van der Waals surface area contributed by atoms with Gasteiger partial charge in [0.15, 0.2) is 0 Å². The molecule has 3 nitrogen and oxygen atoms in total. The lowest BCUT2D eigenvalue weighted by Crippen LogP contribution is -2.07. The Morgan fingerprint density at radius 1 is 1.11 bits per heavy atom. The van der Waals surface area contributed by atoms with Crippen molar-refractivity contribution in [3.63, 3.8) is 0 Å². The summed E-state index contributed by atoms with van der Waals surface area (Å²) in [4.78, 5) is 8.24. The van der Waals surface area contributed by atoms with Gasteiger partial charge in [-0.1, -0.05) is 36.4 Å². The number of amidine groups is 1. The molecule has 18 heavy (non-hydrogen) atoms. The SMILES string of the molecule is NC(/C=C/c1ccccc1)=NCc1ccncc1. The highest BCUT2D eigenvalue weighted by atomic mass is 14.8. The zero-order chi connectivity index (χ0) is 12.6. The van der Waals surface area contributed by atoms with Crippen LogP contribution in [0.2, 0.25) is 0 Å². The minimum absolute atomic E-state index is 0.524. The average molecular weight is 237 g/mol. The van der Waals surface area contributed by atoms with E-state index in [1.54, 1.807) is 12.4 Å². The molecular weight excluding hydrogens is 222 g/mol. The first-order valence-corrected chi connectivity index (χ1v) is 5.76.